The first kappa shape index (κ1) is 16.1. The van der Waals surface area contributed by atoms with Crippen LogP contribution in [0, 0.1) is 0 Å². The molecular formula is C19H21N3O2. The molecule has 2 N–H and O–H groups in total. The molecule has 0 fully saturated rings. The third-order valence-electron chi connectivity index (χ3n) is 4.25. The average Bonchev–Trinajstić information content (AvgIpc) is 2.61. The quantitative estimate of drug-likeness (QED) is 0.908. The summed E-state index contributed by atoms with van der Waals surface area (Å²) in [5.74, 6) is -0.284. The number of hydrogen-bond acceptors (Lipinski definition) is 3. The monoisotopic (exact) mass is 323 g/mol. The Labute approximate surface area is 141 Å². The van der Waals surface area contributed by atoms with Gasteiger partial charge in [-0.3, -0.25) is 14.5 Å². The SMILES string of the molecule is CCC1Nc2ccccc2N(C(C)C(=O)Nc2ccccc2)C1=O. The van der Waals surface area contributed by atoms with Crippen molar-refractivity contribution in [3.05, 3.63) is 54.6 Å². The highest BCUT2D eigenvalue weighted by molar-refractivity contribution is 6.10. The van der Waals surface area contributed by atoms with Gasteiger partial charge in [0.15, 0.2) is 0 Å². The molecule has 1 heterocycles. The summed E-state index contributed by atoms with van der Waals surface area (Å²) in [6.07, 6.45) is 0.663. The number of anilines is 3. The number of para-hydroxylation sites is 3. The molecule has 5 nitrogen and oxygen atoms in total. The average molecular weight is 323 g/mol. The summed E-state index contributed by atoms with van der Waals surface area (Å²) in [5.41, 5.74) is 2.34. The van der Waals surface area contributed by atoms with Crippen molar-refractivity contribution in [3.8, 4) is 0 Å². The summed E-state index contributed by atoms with van der Waals surface area (Å²) >= 11 is 0. The minimum atomic E-state index is -0.602. The molecule has 0 saturated carbocycles. The Kier molecular flexibility index (Phi) is 4.51. The maximum absolute atomic E-state index is 12.8. The molecule has 3 rings (SSSR count). The predicted octanol–water partition coefficient (Wildman–Crippen LogP) is 3.25. The van der Waals surface area contributed by atoms with Crippen molar-refractivity contribution >= 4 is 28.9 Å². The molecule has 0 bridgehead atoms. The van der Waals surface area contributed by atoms with E-state index in [1.165, 1.54) is 0 Å². The molecule has 2 atom stereocenters. The summed E-state index contributed by atoms with van der Waals surface area (Å²) in [5, 5.41) is 6.12. The summed E-state index contributed by atoms with van der Waals surface area (Å²) in [6.45, 7) is 3.71. The Bertz CT molecular complexity index is 745. The third kappa shape index (κ3) is 2.97. The lowest BCUT2D eigenvalue weighted by atomic mass is 10.0. The zero-order valence-corrected chi connectivity index (χ0v) is 13.8. The molecular weight excluding hydrogens is 302 g/mol. The van der Waals surface area contributed by atoms with Crippen molar-refractivity contribution < 1.29 is 9.59 Å². The predicted molar refractivity (Wildman–Crippen MR) is 96.2 cm³/mol. The van der Waals surface area contributed by atoms with Crippen LogP contribution in [0.5, 0.6) is 0 Å². The number of amides is 2. The zero-order valence-electron chi connectivity index (χ0n) is 13.8. The van der Waals surface area contributed by atoms with Gasteiger partial charge in [0.2, 0.25) is 11.8 Å². The molecule has 2 aromatic carbocycles. The van der Waals surface area contributed by atoms with Crippen LogP contribution in [0.3, 0.4) is 0 Å². The van der Waals surface area contributed by atoms with E-state index in [0.717, 1.165) is 17.1 Å². The Morgan fingerprint density at radius 1 is 1.17 bits per heavy atom. The number of benzene rings is 2. The van der Waals surface area contributed by atoms with Gasteiger partial charge >= 0.3 is 0 Å². The largest absolute Gasteiger partial charge is 0.372 e. The Balaban J connectivity index is 1.88. The second-order valence-electron chi connectivity index (χ2n) is 5.86. The van der Waals surface area contributed by atoms with Gasteiger partial charge in [-0.15, -0.1) is 0 Å². The summed E-state index contributed by atoms with van der Waals surface area (Å²) in [6, 6.07) is 15.9. The van der Waals surface area contributed by atoms with Crippen molar-refractivity contribution in [2.24, 2.45) is 0 Å². The Morgan fingerprint density at radius 2 is 1.83 bits per heavy atom. The van der Waals surface area contributed by atoms with E-state index in [1.807, 2.05) is 61.5 Å². The number of fused-ring (bicyclic) bond motifs is 1. The topological polar surface area (TPSA) is 61.4 Å². The standard InChI is InChI=1S/C19H21N3O2/c1-3-15-19(24)22(17-12-8-7-11-16(17)21-15)13(2)18(23)20-14-9-5-4-6-10-14/h4-13,15,21H,3H2,1-2H3,(H,20,23). The molecule has 0 aliphatic carbocycles. The first-order valence-corrected chi connectivity index (χ1v) is 8.16. The summed E-state index contributed by atoms with van der Waals surface area (Å²) < 4.78 is 0. The lowest BCUT2D eigenvalue weighted by Gasteiger charge is -2.38. The van der Waals surface area contributed by atoms with Crippen LogP contribution in [0.1, 0.15) is 20.3 Å². The van der Waals surface area contributed by atoms with Crippen LogP contribution in [0.2, 0.25) is 0 Å². The maximum atomic E-state index is 12.8. The lowest BCUT2D eigenvalue weighted by Crippen LogP contribution is -2.54. The molecule has 124 valence electrons. The van der Waals surface area contributed by atoms with E-state index in [0.29, 0.717) is 6.42 Å². The molecule has 0 spiro atoms. The fraction of sp³-hybridized carbons (Fsp3) is 0.263. The van der Waals surface area contributed by atoms with Crippen LogP contribution in [0.25, 0.3) is 0 Å². The van der Waals surface area contributed by atoms with Crippen LogP contribution < -0.4 is 15.5 Å². The maximum Gasteiger partial charge on any atom is 0.250 e. The first-order valence-electron chi connectivity index (χ1n) is 8.16. The molecule has 0 radical (unpaired) electrons. The fourth-order valence-electron chi connectivity index (χ4n) is 2.90. The molecule has 1 aliphatic rings. The van der Waals surface area contributed by atoms with Gasteiger partial charge in [0.05, 0.1) is 11.4 Å². The molecule has 24 heavy (non-hydrogen) atoms. The minimum Gasteiger partial charge on any atom is -0.372 e. The molecule has 2 aromatic rings. The normalized spacial score (nSPS) is 17.7. The molecule has 5 heteroatoms. The highest BCUT2D eigenvalue weighted by atomic mass is 16.2. The second-order valence-corrected chi connectivity index (χ2v) is 5.86. The number of carbonyl (C=O) groups excluding carboxylic acids is 2. The number of nitrogens with one attached hydrogen (secondary N) is 2. The van der Waals surface area contributed by atoms with E-state index in [4.69, 9.17) is 0 Å². The van der Waals surface area contributed by atoms with Crippen LogP contribution in [0.15, 0.2) is 54.6 Å². The molecule has 0 saturated heterocycles. The Hall–Kier alpha value is -2.82. The number of rotatable bonds is 4. The summed E-state index contributed by atoms with van der Waals surface area (Å²) in [7, 11) is 0. The lowest BCUT2D eigenvalue weighted by molar-refractivity contribution is -0.124. The van der Waals surface area contributed by atoms with E-state index in [1.54, 1.807) is 11.8 Å². The van der Waals surface area contributed by atoms with Gasteiger partial charge in [-0.1, -0.05) is 37.3 Å². The van der Waals surface area contributed by atoms with E-state index in [2.05, 4.69) is 10.6 Å². The molecule has 2 unspecified atom stereocenters. The minimum absolute atomic E-state index is 0.0769. The third-order valence-corrected chi connectivity index (χ3v) is 4.25. The van der Waals surface area contributed by atoms with Crippen LogP contribution in [-0.2, 0) is 9.59 Å². The Morgan fingerprint density at radius 3 is 2.54 bits per heavy atom. The van der Waals surface area contributed by atoms with E-state index in [9.17, 15) is 9.59 Å². The zero-order chi connectivity index (χ0) is 17.1. The van der Waals surface area contributed by atoms with Gasteiger partial charge in [-0.2, -0.15) is 0 Å². The number of nitrogens with zero attached hydrogens (tertiary/aromatic N) is 1. The molecule has 0 aromatic heterocycles. The van der Waals surface area contributed by atoms with Gasteiger partial charge in [0.1, 0.15) is 12.1 Å². The summed E-state index contributed by atoms with van der Waals surface area (Å²) in [4.78, 5) is 27.0. The van der Waals surface area contributed by atoms with Gasteiger partial charge in [-0.25, -0.2) is 0 Å². The van der Waals surface area contributed by atoms with Gasteiger partial charge in [0.25, 0.3) is 0 Å². The van der Waals surface area contributed by atoms with Crippen molar-refractivity contribution in [1.82, 2.24) is 0 Å². The molecule has 1 aliphatic heterocycles. The van der Waals surface area contributed by atoms with E-state index in [-0.39, 0.29) is 17.9 Å². The van der Waals surface area contributed by atoms with Gasteiger partial charge in [0, 0.05) is 5.69 Å². The first-order chi connectivity index (χ1) is 11.6. The smallest absolute Gasteiger partial charge is 0.250 e. The van der Waals surface area contributed by atoms with Crippen LogP contribution in [0.4, 0.5) is 17.1 Å². The second kappa shape index (κ2) is 6.74. The van der Waals surface area contributed by atoms with E-state index < -0.39 is 6.04 Å². The van der Waals surface area contributed by atoms with Crippen molar-refractivity contribution in [2.75, 3.05) is 15.5 Å². The van der Waals surface area contributed by atoms with E-state index >= 15 is 0 Å². The fourth-order valence-corrected chi connectivity index (χ4v) is 2.90. The van der Waals surface area contributed by atoms with Crippen LogP contribution in [-0.4, -0.2) is 23.9 Å². The number of hydrogen-bond donors (Lipinski definition) is 2. The number of carbonyl (C=O) groups is 2. The van der Waals surface area contributed by atoms with Crippen molar-refractivity contribution in [3.63, 3.8) is 0 Å². The highest BCUT2D eigenvalue weighted by Crippen LogP contribution is 2.33. The van der Waals surface area contributed by atoms with Crippen LogP contribution >= 0.6 is 0 Å². The van der Waals surface area contributed by atoms with Gasteiger partial charge < -0.3 is 10.6 Å². The van der Waals surface area contributed by atoms with Crippen molar-refractivity contribution in [2.45, 2.75) is 32.4 Å². The highest BCUT2D eigenvalue weighted by Gasteiger charge is 2.36. The van der Waals surface area contributed by atoms with Crippen molar-refractivity contribution in [1.29, 1.82) is 0 Å². The molecule has 2 amide bonds. The van der Waals surface area contributed by atoms with Gasteiger partial charge in [-0.05, 0) is 37.6 Å².